The molecule has 30 heavy (non-hydrogen) atoms. The second kappa shape index (κ2) is 8.32. The Morgan fingerprint density at radius 1 is 1.17 bits per heavy atom. The van der Waals surface area contributed by atoms with E-state index < -0.39 is 0 Å². The molecule has 5 rings (SSSR count). The van der Waals surface area contributed by atoms with Gasteiger partial charge in [0.25, 0.3) is 11.6 Å². The first-order valence-corrected chi connectivity index (χ1v) is 10.1. The number of aromatic nitrogens is 2. The van der Waals surface area contributed by atoms with E-state index in [9.17, 15) is 9.18 Å². The quantitative estimate of drug-likeness (QED) is 0.669. The molecule has 6 nitrogen and oxygen atoms in total. The molecule has 2 aromatic heterocycles. The van der Waals surface area contributed by atoms with Gasteiger partial charge >= 0.3 is 0 Å². The summed E-state index contributed by atoms with van der Waals surface area (Å²) in [6.07, 6.45) is 2.04. The number of hydrogen-bond donors (Lipinski definition) is 1. The summed E-state index contributed by atoms with van der Waals surface area (Å²) < 4.78 is 18.7. The second-order valence-corrected chi connectivity index (χ2v) is 8.06. The van der Waals surface area contributed by atoms with E-state index in [0.29, 0.717) is 39.9 Å². The Labute approximate surface area is 180 Å². The molecular weight excluding hydrogens is 407 g/mol. The number of nitrogens with one attached hydrogen (secondary N) is 1. The smallest absolute Gasteiger partial charge is 0.259 e. The average Bonchev–Trinajstić information content (AvgIpc) is 3.28. The molecule has 158 valence electrons. The molecule has 2 saturated heterocycles. The predicted molar refractivity (Wildman–Crippen MR) is 114 cm³/mol. The van der Waals surface area contributed by atoms with Crippen molar-refractivity contribution in [2.75, 3.05) is 26.2 Å². The van der Waals surface area contributed by atoms with Gasteiger partial charge in [-0.05, 0) is 75.0 Å². The summed E-state index contributed by atoms with van der Waals surface area (Å²) >= 11 is 0. The first-order valence-electron chi connectivity index (χ1n) is 10.1. The number of hydrogen-bond acceptors (Lipinski definition) is 5. The summed E-state index contributed by atoms with van der Waals surface area (Å²) in [5, 5.41) is 8.15. The Bertz CT molecular complexity index is 1050. The summed E-state index contributed by atoms with van der Waals surface area (Å²) in [5.74, 6) is 0.973. The Balaban J connectivity index is 0.00000218. The van der Waals surface area contributed by atoms with E-state index in [0.717, 1.165) is 44.6 Å². The highest BCUT2D eigenvalue weighted by atomic mass is 35.5. The minimum absolute atomic E-state index is 0. The van der Waals surface area contributed by atoms with Gasteiger partial charge in [-0.1, -0.05) is 5.16 Å². The predicted octanol–water partition coefficient (Wildman–Crippen LogP) is 3.83. The first-order chi connectivity index (χ1) is 14.1. The summed E-state index contributed by atoms with van der Waals surface area (Å²) in [7, 11) is 0. The molecule has 2 atom stereocenters. The number of carbonyl (C=O) groups is 1. The van der Waals surface area contributed by atoms with E-state index in [1.54, 1.807) is 18.2 Å². The highest BCUT2D eigenvalue weighted by Crippen LogP contribution is 2.31. The molecule has 1 N–H and O–H groups in total. The lowest BCUT2D eigenvalue weighted by Crippen LogP contribution is -2.33. The van der Waals surface area contributed by atoms with Crippen molar-refractivity contribution in [1.29, 1.82) is 0 Å². The molecule has 2 aliphatic rings. The number of halogens is 2. The Morgan fingerprint density at radius 3 is 2.50 bits per heavy atom. The van der Waals surface area contributed by atoms with Crippen molar-refractivity contribution in [2.24, 2.45) is 11.8 Å². The van der Waals surface area contributed by atoms with Gasteiger partial charge in [0.2, 0.25) is 0 Å². The molecule has 0 bridgehead atoms. The second-order valence-electron chi connectivity index (χ2n) is 8.06. The lowest BCUT2D eigenvalue weighted by Gasteiger charge is -2.21. The van der Waals surface area contributed by atoms with Crippen molar-refractivity contribution in [1.82, 2.24) is 20.4 Å². The zero-order valence-electron chi connectivity index (χ0n) is 16.7. The Hall–Kier alpha value is -2.51. The fourth-order valence-electron chi connectivity index (χ4n) is 4.62. The minimum atomic E-state index is -0.314. The number of pyridine rings is 1. The topological polar surface area (TPSA) is 71.3 Å². The lowest BCUT2D eigenvalue weighted by molar-refractivity contribution is 0.0760. The first kappa shape index (κ1) is 20.8. The maximum atomic E-state index is 13.5. The number of aryl methyl sites for hydroxylation is 1. The number of rotatable bonds is 2. The molecule has 0 saturated carbocycles. The van der Waals surface area contributed by atoms with Gasteiger partial charge in [0.15, 0.2) is 0 Å². The van der Waals surface area contributed by atoms with Crippen LogP contribution in [0.15, 0.2) is 34.9 Å². The van der Waals surface area contributed by atoms with Crippen molar-refractivity contribution in [3.8, 4) is 11.3 Å². The van der Waals surface area contributed by atoms with Crippen molar-refractivity contribution in [2.45, 2.75) is 19.8 Å². The lowest BCUT2D eigenvalue weighted by atomic mass is 9.92. The summed E-state index contributed by atoms with van der Waals surface area (Å²) in [4.78, 5) is 20.0. The monoisotopic (exact) mass is 430 g/mol. The van der Waals surface area contributed by atoms with Crippen LogP contribution in [0.5, 0.6) is 0 Å². The number of amides is 1. The number of likely N-dealkylation sites (tertiary alicyclic amines) is 1. The molecule has 0 spiro atoms. The van der Waals surface area contributed by atoms with Crippen molar-refractivity contribution < 1.29 is 13.7 Å². The molecular formula is C22H24ClFN4O2. The number of fused-ring (bicyclic) bond motifs is 2. The van der Waals surface area contributed by atoms with Gasteiger partial charge in [-0.25, -0.2) is 9.37 Å². The van der Waals surface area contributed by atoms with E-state index in [4.69, 9.17) is 4.52 Å². The molecule has 3 aromatic rings. The largest absolute Gasteiger partial charge is 0.339 e. The van der Waals surface area contributed by atoms with E-state index in [-0.39, 0.29) is 24.1 Å². The molecule has 0 radical (unpaired) electrons. The van der Waals surface area contributed by atoms with Crippen LogP contribution in [0, 0.1) is 24.6 Å². The van der Waals surface area contributed by atoms with Gasteiger partial charge in [0, 0.05) is 18.7 Å². The molecule has 2 aliphatic heterocycles. The third-order valence-corrected chi connectivity index (χ3v) is 6.29. The fraction of sp³-hybridized carbons (Fsp3) is 0.409. The normalized spacial score (nSPS) is 21.2. The van der Waals surface area contributed by atoms with Crippen molar-refractivity contribution in [3.63, 3.8) is 0 Å². The van der Waals surface area contributed by atoms with Gasteiger partial charge in [-0.3, -0.25) is 4.79 Å². The van der Waals surface area contributed by atoms with Crippen LogP contribution in [0.3, 0.4) is 0 Å². The zero-order valence-corrected chi connectivity index (χ0v) is 17.5. The Kier molecular flexibility index (Phi) is 5.75. The van der Waals surface area contributed by atoms with Crippen LogP contribution in [0.25, 0.3) is 22.4 Å². The van der Waals surface area contributed by atoms with Gasteiger partial charge in [-0.2, -0.15) is 0 Å². The molecule has 8 heteroatoms. The third-order valence-electron chi connectivity index (χ3n) is 6.29. The maximum absolute atomic E-state index is 13.5. The van der Waals surface area contributed by atoms with Crippen LogP contribution < -0.4 is 5.32 Å². The van der Waals surface area contributed by atoms with Crippen LogP contribution >= 0.6 is 12.4 Å². The molecule has 2 fully saturated rings. The Morgan fingerprint density at radius 2 is 1.83 bits per heavy atom. The van der Waals surface area contributed by atoms with Crippen LogP contribution in [0.1, 0.15) is 28.9 Å². The van der Waals surface area contributed by atoms with Crippen LogP contribution in [0.4, 0.5) is 4.39 Å². The maximum Gasteiger partial charge on any atom is 0.259 e. The van der Waals surface area contributed by atoms with Crippen LogP contribution in [0.2, 0.25) is 0 Å². The molecule has 0 unspecified atom stereocenters. The van der Waals surface area contributed by atoms with Crippen molar-refractivity contribution >= 4 is 29.4 Å². The van der Waals surface area contributed by atoms with Crippen molar-refractivity contribution in [3.05, 3.63) is 47.4 Å². The number of nitrogens with zero attached hydrogens (tertiary/aromatic N) is 3. The van der Waals surface area contributed by atoms with Gasteiger partial charge in [-0.15, -0.1) is 12.4 Å². The highest BCUT2D eigenvalue weighted by molar-refractivity contribution is 6.07. The number of benzene rings is 1. The van der Waals surface area contributed by atoms with E-state index in [1.807, 2.05) is 11.8 Å². The number of carbonyl (C=O) groups excluding carboxylic acids is 1. The van der Waals surface area contributed by atoms with E-state index in [1.165, 1.54) is 12.1 Å². The van der Waals surface area contributed by atoms with Crippen LogP contribution in [-0.4, -0.2) is 47.1 Å². The molecule has 0 aliphatic carbocycles. The van der Waals surface area contributed by atoms with E-state index >= 15 is 0 Å². The molecule has 1 aromatic carbocycles. The third kappa shape index (κ3) is 3.68. The highest BCUT2D eigenvalue weighted by Gasteiger charge is 2.32. The summed E-state index contributed by atoms with van der Waals surface area (Å²) in [5.41, 5.74) is 2.85. The fourth-order valence-corrected chi connectivity index (χ4v) is 4.62. The van der Waals surface area contributed by atoms with Gasteiger partial charge in [0.1, 0.15) is 5.82 Å². The summed E-state index contributed by atoms with van der Waals surface area (Å²) in [6.45, 7) is 5.42. The van der Waals surface area contributed by atoms with E-state index in [2.05, 4.69) is 15.5 Å². The minimum Gasteiger partial charge on any atom is -0.339 e. The molecule has 4 heterocycles. The summed E-state index contributed by atoms with van der Waals surface area (Å²) in [6, 6.07) is 7.86. The van der Waals surface area contributed by atoms with Gasteiger partial charge < -0.3 is 14.7 Å². The SMILES string of the molecule is Cc1noc2nc(-c3ccc(F)cc3)cc(C(=O)N3CC[C@@H]4CNC[C@@H]4CC3)c12.Cl. The standard InChI is InChI=1S/C22H23FN4O2.ClH/c1-13-20-18(22(28)27-8-6-15-11-24-12-16(15)7-9-27)10-19(25-21(20)29-26-13)14-2-4-17(23)5-3-14;/h2-5,10,15-16,24H,6-9,11-12H2,1H3;1H/t15-,16+;. The average molecular weight is 431 g/mol. The zero-order chi connectivity index (χ0) is 20.0. The van der Waals surface area contributed by atoms with Crippen LogP contribution in [-0.2, 0) is 0 Å². The van der Waals surface area contributed by atoms with Gasteiger partial charge in [0.05, 0.1) is 22.3 Å². The molecule has 1 amide bonds.